The lowest BCUT2D eigenvalue weighted by atomic mass is 10.0. The minimum atomic E-state index is -1.05. The van der Waals surface area contributed by atoms with Crippen LogP contribution in [-0.2, 0) is 9.59 Å². The summed E-state index contributed by atoms with van der Waals surface area (Å²) in [7, 11) is 0. The van der Waals surface area contributed by atoms with Crippen LogP contribution in [0.1, 0.15) is 47.5 Å². The maximum absolute atomic E-state index is 11.7. The number of hydrogen-bond donors (Lipinski definition) is 2. The van der Waals surface area contributed by atoms with E-state index in [4.69, 9.17) is 5.11 Å². The number of rotatable bonds is 6. The Morgan fingerprint density at radius 1 is 1.06 bits per heavy atom. The molecule has 0 aromatic heterocycles. The topological polar surface area (TPSA) is 66.4 Å². The molecule has 4 heteroatoms. The van der Waals surface area contributed by atoms with Crippen molar-refractivity contribution in [2.75, 3.05) is 0 Å². The summed E-state index contributed by atoms with van der Waals surface area (Å²) in [5.41, 5.74) is 0.368. The second-order valence-corrected chi connectivity index (χ2v) is 4.90. The predicted molar refractivity (Wildman–Crippen MR) is 67.7 cm³/mol. The van der Waals surface area contributed by atoms with Gasteiger partial charge in [0.2, 0.25) is 5.91 Å². The Labute approximate surface area is 103 Å². The van der Waals surface area contributed by atoms with E-state index in [1.807, 2.05) is 6.92 Å². The molecule has 17 heavy (non-hydrogen) atoms. The molecule has 0 aromatic rings. The Morgan fingerprint density at radius 3 is 2.00 bits per heavy atom. The highest BCUT2D eigenvalue weighted by molar-refractivity contribution is 6.01. The average molecular weight is 241 g/mol. The molecule has 0 heterocycles. The van der Waals surface area contributed by atoms with Gasteiger partial charge in [-0.2, -0.15) is 0 Å². The molecule has 0 bridgehead atoms. The number of carboxylic acids is 1. The lowest BCUT2D eigenvalue weighted by Gasteiger charge is -2.15. The Morgan fingerprint density at radius 2 is 1.59 bits per heavy atom. The van der Waals surface area contributed by atoms with Crippen molar-refractivity contribution in [2.45, 2.75) is 53.5 Å². The fourth-order valence-electron chi connectivity index (χ4n) is 1.32. The van der Waals surface area contributed by atoms with Gasteiger partial charge in [-0.05, 0) is 39.5 Å². The van der Waals surface area contributed by atoms with Gasteiger partial charge in [-0.3, -0.25) is 4.79 Å². The lowest BCUT2D eigenvalue weighted by Crippen LogP contribution is -2.34. The van der Waals surface area contributed by atoms with Gasteiger partial charge in [0, 0.05) is 17.2 Å². The van der Waals surface area contributed by atoms with E-state index >= 15 is 0 Å². The number of carbonyl (C=O) groups excluding carboxylic acids is 1. The van der Waals surface area contributed by atoms with E-state index in [2.05, 4.69) is 19.2 Å². The molecular weight excluding hydrogens is 218 g/mol. The maximum atomic E-state index is 11.7. The summed E-state index contributed by atoms with van der Waals surface area (Å²) in [6, 6.07) is 0.0708. The summed E-state index contributed by atoms with van der Waals surface area (Å²) in [5.74, 6) is -0.736. The second kappa shape index (κ2) is 7.09. The van der Waals surface area contributed by atoms with Crippen LogP contribution in [-0.4, -0.2) is 23.0 Å². The maximum Gasteiger partial charge on any atom is 0.331 e. The molecule has 0 aliphatic rings. The number of aliphatic carboxylic acids is 1. The first-order valence-corrected chi connectivity index (χ1v) is 5.97. The van der Waals surface area contributed by atoms with Crippen LogP contribution in [0, 0.1) is 5.92 Å². The van der Waals surface area contributed by atoms with Crippen molar-refractivity contribution in [3.63, 3.8) is 0 Å². The van der Waals surface area contributed by atoms with Crippen molar-refractivity contribution < 1.29 is 14.7 Å². The van der Waals surface area contributed by atoms with E-state index in [0.29, 0.717) is 5.92 Å². The zero-order valence-corrected chi connectivity index (χ0v) is 11.3. The van der Waals surface area contributed by atoms with E-state index in [9.17, 15) is 9.59 Å². The third-order valence-electron chi connectivity index (χ3n) is 2.78. The normalized spacial score (nSPS) is 14.2. The van der Waals surface area contributed by atoms with Crippen LogP contribution in [0.2, 0.25) is 0 Å². The SMILES string of the molecule is CC(C(=O)O)=C(C)C(=O)NC(C)CCC(C)C. The Balaban J connectivity index is 4.35. The molecule has 98 valence electrons. The number of hydrogen-bond acceptors (Lipinski definition) is 2. The molecular formula is C13H23NO3. The van der Waals surface area contributed by atoms with Gasteiger partial charge >= 0.3 is 5.97 Å². The molecule has 0 radical (unpaired) electrons. The molecule has 1 atom stereocenters. The quantitative estimate of drug-likeness (QED) is 0.701. The van der Waals surface area contributed by atoms with E-state index in [0.717, 1.165) is 12.8 Å². The van der Waals surface area contributed by atoms with Crippen molar-refractivity contribution in [1.29, 1.82) is 0 Å². The van der Waals surface area contributed by atoms with Crippen molar-refractivity contribution >= 4 is 11.9 Å². The molecule has 2 N–H and O–H groups in total. The third kappa shape index (κ3) is 6.09. The predicted octanol–water partition coefficient (Wildman–Crippen LogP) is 2.35. The second-order valence-electron chi connectivity index (χ2n) is 4.90. The van der Waals surface area contributed by atoms with Crippen LogP contribution in [0.3, 0.4) is 0 Å². The smallest absolute Gasteiger partial charge is 0.331 e. The average Bonchev–Trinajstić information content (AvgIpc) is 2.23. The van der Waals surface area contributed by atoms with Gasteiger partial charge in [0.05, 0.1) is 0 Å². The van der Waals surface area contributed by atoms with Crippen LogP contribution in [0.25, 0.3) is 0 Å². The molecule has 1 amide bonds. The summed E-state index contributed by atoms with van der Waals surface area (Å²) in [5, 5.41) is 11.6. The van der Waals surface area contributed by atoms with Gasteiger partial charge in [0.1, 0.15) is 0 Å². The van der Waals surface area contributed by atoms with Gasteiger partial charge < -0.3 is 10.4 Å². The highest BCUT2D eigenvalue weighted by Crippen LogP contribution is 2.08. The number of carbonyl (C=O) groups is 2. The number of nitrogens with one attached hydrogen (secondary N) is 1. The molecule has 0 aliphatic heterocycles. The Hall–Kier alpha value is -1.32. The van der Waals surface area contributed by atoms with Crippen molar-refractivity contribution in [2.24, 2.45) is 5.92 Å². The molecule has 0 rings (SSSR count). The fraction of sp³-hybridized carbons (Fsp3) is 0.692. The fourth-order valence-corrected chi connectivity index (χ4v) is 1.32. The largest absolute Gasteiger partial charge is 0.478 e. The van der Waals surface area contributed by atoms with Crippen LogP contribution in [0.4, 0.5) is 0 Å². The highest BCUT2D eigenvalue weighted by atomic mass is 16.4. The molecule has 0 saturated carbocycles. The van der Waals surface area contributed by atoms with Gasteiger partial charge in [0.15, 0.2) is 0 Å². The summed E-state index contributed by atoms with van der Waals surface area (Å²) in [4.78, 5) is 22.4. The first-order chi connectivity index (χ1) is 7.75. The summed E-state index contributed by atoms with van der Waals surface area (Å²) in [6.07, 6.45) is 1.95. The van der Waals surface area contributed by atoms with Crippen molar-refractivity contribution in [3.8, 4) is 0 Å². The first kappa shape index (κ1) is 15.7. The molecule has 1 unspecified atom stereocenters. The first-order valence-electron chi connectivity index (χ1n) is 5.97. The molecule has 0 aromatic carbocycles. The van der Waals surface area contributed by atoms with Crippen LogP contribution in [0.5, 0.6) is 0 Å². The van der Waals surface area contributed by atoms with Crippen LogP contribution >= 0.6 is 0 Å². The van der Waals surface area contributed by atoms with Crippen molar-refractivity contribution in [3.05, 3.63) is 11.1 Å². The summed E-state index contributed by atoms with van der Waals surface area (Å²) < 4.78 is 0. The van der Waals surface area contributed by atoms with Crippen molar-refractivity contribution in [1.82, 2.24) is 5.32 Å². The van der Waals surface area contributed by atoms with Gasteiger partial charge in [-0.25, -0.2) is 4.79 Å². The van der Waals surface area contributed by atoms with Gasteiger partial charge in [-0.1, -0.05) is 13.8 Å². The summed E-state index contributed by atoms with van der Waals surface area (Å²) in [6.45, 7) is 9.18. The summed E-state index contributed by atoms with van der Waals surface area (Å²) >= 11 is 0. The van der Waals surface area contributed by atoms with E-state index in [1.54, 1.807) is 0 Å². The van der Waals surface area contributed by atoms with Crippen LogP contribution in [0.15, 0.2) is 11.1 Å². The molecule has 0 saturated heterocycles. The monoisotopic (exact) mass is 241 g/mol. The molecule has 4 nitrogen and oxygen atoms in total. The van der Waals surface area contributed by atoms with Crippen LogP contribution < -0.4 is 5.32 Å². The number of amides is 1. The zero-order valence-electron chi connectivity index (χ0n) is 11.3. The van der Waals surface area contributed by atoms with Gasteiger partial charge in [0.25, 0.3) is 0 Å². The minimum absolute atomic E-state index is 0.0708. The highest BCUT2D eigenvalue weighted by Gasteiger charge is 2.14. The number of carboxylic acid groups (broad SMARTS) is 1. The molecule has 0 fully saturated rings. The Bertz CT molecular complexity index is 319. The van der Waals surface area contributed by atoms with E-state index < -0.39 is 5.97 Å². The molecule has 0 aliphatic carbocycles. The molecule has 0 spiro atoms. The Kier molecular flexibility index (Phi) is 6.54. The standard InChI is InChI=1S/C13H23NO3/c1-8(2)6-7-9(3)14-12(15)10(4)11(5)13(16)17/h8-9H,6-7H2,1-5H3,(H,14,15)(H,16,17). The lowest BCUT2D eigenvalue weighted by molar-refractivity contribution is -0.133. The zero-order chi connectivity index (χ0) is 13.6. The van der Waals surface area contributed by atoms with E-state index in [-0.39, 0.29) is 23.1 Å². The van der Waals surface area contributed by atoms with E-state index in [1.165, 1.54) is 13.8 Å². The van der Waals surface area contributed by atoms with Gasteiger partial charge in [-0.15, -0.1) is 0 Å². The third-order valence-corrected chi connectivity index (χ3v) is 2.78. The minimum Gasteiger partial charge on any atom is -0.478 e.